The molecule has 2 aliphatic rings. The highest BCUT2D eigenvalue weighted by Crippen LogP contribution is 2.50. The number of fused-ring (bicyclic) bond motifs is 1. The third-order valence-corrected chi connectivity index (χ3v) is 11.7. The molecule has 1 fully saturated rings. The zero-order chi connectivity index (χ0) is 20.7. The van der Waals surface area contributed by atoms with Crippen LogP contribution in [0.25, 0.3) is 0 Å². The zero-order valence-corrected chi connectivity index (χ0v) is 18.8. The molecule has 0 unspecified atom stereocenters. The summed E-state index contributed by atoms with van der Waals surface area (Å²) in [6.45, 7) is 9.17. The quantitative estimate of drug-likeness (QED) is 0.687. The van der Waals surface area contributed by atoms with E-state index in [-0.39, 0.29) is 22.3 Å². The smallest absolute Gasteiger partial charge is 0.261 e. The first-order chi connectivity index (χ1) is 13.8. The summed E-state index contributed by atoms with van der Waals surface area (Å²) in [5, 5.41) is 2.55. The van der Waals surface area contributed by atoms with Crippen molar-refractivity contribution in [2.45, 2.75) is 51.7 Å². The van der Waals surface area contributed by atoms with Crippen LogP contribution < -0.4 is 10.4 Å². The topological polar surface area (TPSA) is 26.3 Å². The predicted octanol–water partition coefficient (Wildman–Crippen LogP) is 4.80. The molecule has 0 spiro atoms. The lowest BCUT2D eigenvalue weighted by Gasteiger charge is -2.47. The molecule has 1 saturated carbocycles. The van der Waals surface area contributed by atoms with Crippen LogP contribution in [0, 0.1) is 5.41 Å². The Morgan fingerprint density at radius 3 is 2.03 bits per heavy atom. The van der Waals surface area contributed by atoms with E-state index in [9.17, 15) is 4.79 Å². The summed E-state index contributed by atoms with van der Waals surface area (Å²) >= 11 is 0. The summed E-state index contributed by atoms with van der Waals surface area (Å²) < 4.78 is 7.38. The van der Waals surface area contributed by atoms with Gasteiger partial charge in [-0.25, -0.2) is 0 Å². The molecule has 2 atom stereocenters. The molecule has 0 heterocycles. The fourth-order valence-electron chi connectivity index (χ4n) is 5.07. The normalized spacial score (nSPS) is 24.3. The second kappa shape index (κ2) is 7.23. The van der Waals surface area contributed by atoms with Gasteiger partial charge in [-0.05, 0) is 47.3 Å². The highest BCUT2D eigenvalue weighted by molar-refractivity contribution is 6.99. The van der Waals surface area contributed by atoms with Crippen molar-refractivity contribution in [3.05, 3.63) is 84.5 Å². The molecular weight excluding hydrogens is 372 g/mol. The third kappa shape index (κ3) is 3.27. The Balaban J connectivity index is 1.87. The van der Waals surface area contributed by atoms with E-state index in [0.29, 0.717) is 0 Å². The lowest BCUT2D eigenvalue weighted by atomic mass is 9.79. The second-order valence-electron chi connectivity index (χ2n) is 9.50. The van der Waals surface area contributed by atoms with Crippen molar-refractivity contribution >= 4 is 24.5 Å². The molecule has 0 N–H and O–H groups in total. The molecular formula is C26H30O2Si. The van der Waals surface area contributed by atoms with Crippen LogP contribution in [0.1, 0.15) is 40.5 Å². The van der Waals surface area contributed by atoms with Crippen LogP contribution >= 0.6 is 0 Å². The van der Waals surface area contributed by atoms with Gasteiger partial charge in [0, 0.05) is 5.41 Å². The van der Waals surface area contributed by atoms with Crippen molar-refractivity contribution in [1.29, 1.82) is 0 Å². The van der Waals surface area contributed by atoms with Crippen molar-refractivity contribution in [3.8, 4) is 0 Å². The molecule has 2 aromatic rings. The summed E-state index contributed by atoms with van der Waals surface area (Å²) in [7, 11) is -2.60. The fourth-order valence-corrected chi connectivity index (χ4v) is 9.87. The molecule has 0 radical (unpaired) electrons. The number of benzene rings is 2. The standard InChI is InChI=1S/C26H30O2Si/c1-25(2,3)29(22-11-7-5-8-12-22,23-13-9-6-10-14-23)28-24-16-15-20-19-21(27)17-18-26(20,24)4/h5-14,17-19,24H,15-16H2,1-4H3/t24-,26-/m0/s1. The van der Waals surface area contributed by atoms with E-state index in [2.05, 4.69) is 94.4 Å². The Morgan fingerprint density at radius 1 is 0.966 bits per heavy atom. The Bertz CT molecular complexity index is 914. The molecule has 2 nitrogen and oxygen atoms in total. The Kier molecular flexibility index (Phi) is 5.00. The van der Waals surface area contributed by atoms with Crippen molar-refractivity contribution in [2.24, 2.45) is 5.41 Å². The fraction of sp³-hybridized carbons (Fsp3) is 0.346. The first-order valence-corrected chi connectivity index (χ1v) is 12.4. The summed E-state index contributed by atoms with van der Waals surface area (Å²) in [5.41, 5.74) is 1.01. The van der Waals surface area contributed by atoms with Gasteiger partial charge in [-0.3, -0.25) is 4.79 Å². The minimum atomic E-state index is -2.60. The van der Waals surface area contributed by atoms with Gasteiger partial charge in [0.2, 0.25) is 0 Å². The molecule has 0 aromatic heterocycles. The molecule has 3 heteroatoms. The van der Waals surface area contributed by atoms with Gasteiger partial charge in [0.1, 0.15) is 0 Å². The van der Waals surface area contributed by atoms with Gasteiger partial charge in [0.25, 0.3) is 8.32 Å². The summed E-state index contributed by atoms with van der Waals surface area (Å²) in [5.74, 6) is 0.101. The summed E-state index contributed by atoms with van der Waals surface area (Å²) in [6, 6.07) is 21.6. The predicted molar refractivity (Wildman–Crippen MR) is 122 cm³/mol. The van der Waals surface area contributed by atoms with Crippen LogP contribution in [0.5, 0.6) is 0 Å². The van der Waals surface area contributed by atoms with Crippen LogP contribution in [-0.2, 0) is 9.22 Å². The van der Waals surface area contributed by atoms with Gasteiger partial charge in [-0.1, -0.05) is 93.1 Å². The number of allylic oxidation sites excluding steroid dienone is 2. The summed E-state index contributed by atoms with van der Waals surface area (Å²) in [4.78, 5) is 11.9. The molecule has 4 rings (SSSR count). The van der Waals surface area contributed by atoms with Gasteiger partial charge < -0.3 is 4.43 Å². The van der Waals surface area contributed by atoms with Gasteiger partial charge in [0.15, 0.2) is 5.78 Å². The second-order valence-corrected chi connectivity index (χ2v) is 13.7. The van der Waals surface area contributed by atoms with Crippen molar-refractivity contribution in [3.63, 3.8) is 0 Å². The van der Waals surface area contributed by atoms with Crippen LogP contribution in [-0.4, -0.2) is 20.2 Å². The number of hydrogen-bond donors (Lipinski definition) is 0. The first kappa shape index (κ1) is 20.1. The number of carbonyl (C=O) groups excluding carboxylic acids is 1. The lowest BCUT2D eigenvalue weighted by molar-refractivity contribution is -0.110. The molecule has 2 aromatic carbocycles. The molecule has 0 aliphatic heterocycles. The van der Waals surface area contributed by atoms with Crippen LogP contribution in [0.15, 0.2) is 84.5 Å². The van der Waals surface area contributed by atoms with Crippen LogP contribution in [0.3, 0.4) is 0 Å². The van der Waals surface area contributed by atoms with Gasteiger partial charge >= 0.3 is 0 Å². The Hall–Kier alpha value is -2.23. The minimum absolute atomic E-state index is 0.0489. The monoisotopic (exact) mass is 402 g/mol. The molecule has 0 saturated heterocycles. The molecule has 29 heavy (non-hydrogen) atoms. The van der Waals surface area contributed by atoms with E-state index >= 15 is 0 Å². The molecule has 2 aliphatic carbocycles. The minimum Gasteiger partial charge on any atom is -0.403 e. The van der Waals surface area contributed by atoms with E-state index in [4.69, 9.17) is 4.43 Å². The third-order valence-electron chi connectivity index (χ3n) is 6.68. The largest absolute Gasteiger partial charge is 0.403 e. The Labute approximate surface area is 175 Å². The van der Waals surface area contributed by atoms with Crippen molar-refractivity contribution in [1.82, 2.24) is 0 Å². The Morgan fingerprint density at radius 2 is 1.52 bits per heavy atom. The maximum atomic E-state index is 11.9. The number of carbonyl (C=O) groups is 1. The van der Waals surface area contributed by atoms with Crippen molar-refractivity contribution in [2.75, 3.05) is 0 Å². The maximum Gasteiger partial charge on any atom is 0.261 e. The van der Waals surface area contributed by atoms with E-state index in [1.165, 1.54) is 15.9 Å². The van der Waals surface area contributed by atoms with E-state index in [1.807, 2.05) is 6.08 Å². The highest BCUT2D eigenvalue weighted by atomic mass is 28.4. The van der Waals surface area contributed by atoms with E-state index < -0.39 is 8.32 Å². The maximum absolute atomic E-state index is 11.9. The summed E-state index contributed by atoms with van der Waals surface area (Å²) in [6.07, 6.45) is 7.56. The van der Waals surface area contributed by atoms with Gasteiger partial charge in [-0.15, -0.1) is 0 Å². The van der Waals surface area contributed by atoms with Gasteiger partial charge in [-0.2, -0.15) is 0 Å². The number of ketones is 1. The van der Waals surface area contributed by atoms with E-state index in [0.717, 1.165) is 12.8 Å². The van der Waals surface area contributed by atoms with Crippen LogP contribution in [0.2, 0.25) is 5.04 Å². The van der Waals surface area contributed by atoms with E-state index in [1.54, 1.807) is 6.08 Å². The average molecular weight is 403 g/mol. The van der Waals surface area contributed by atoms with Gasteiger partial charge in [0.05, 0.1) is 6.10 Å². The molecule has 0 bridgehead atoms. The van der Waals surface area contributed by atoms with Crippen LogP contribution in [0.4, 0.5) is 0 Å². The molecule has 0 amide bonds. The molecule has 150 valence electrons. The first-order valence-electron chi connectivity index (χ1n) is 10.5. The SMILES string of the molecule is CC(C)(C)[Si](O[C@H]1CCC2=CC(=O)C=C[C@@]21C)(c1ccccc1)c1ccccc1. The number of rotatable bonds is 4. The average Bonchev–Trinajstić information content (AvgIpc) is 3.02. The zero-order valence-electron chi connectivity index (χ0n) is 17.8. The number of hydrogen-bond acceptors (Lipinski definition) is 2. The lowest BCUT2D eigenvalue weighted by Crippen LogP contribution is -2.68. The van der Waals surface area contributed by atoms with Crippen molar-refractivity contribution < 1.29 is 9.22 Å². The highest BCUT2D eigenvalue weighted by Gasteiger charge is 2.55.